The highest BCUT2D eigenvalue weighted by molar-refractivity contribution is 4.97. The van der Waals surface area contributed by atoms with E-state index in [9.17, 15) is 5.11 Å². The molecule has 0 aliphatic carbocycles. The van der Waals surface area contributed by atoms with Crippen molar-refractivity contribution in [1.29, 1.82) is 0 Å². The van der Waals surface area contributed by atoms with Crippen molar-refractivity contribution in [2.24, 2.45) is 0 Å². The van der Waals surface area contributed by atoms with Crippen LogP contribution in [-0.2, 0) is 0 Å². The van der Waals surface area contributed by atoms with Gasteiger partial charge in [-0.05, 0) is 32.6 Å². The maximum Gasteiger partial charge on any atom is 0.0614 e. The van der Waals surface area contributed by atoms with Crippen molar-refractivity contribution in [3.05, 3.63) is 24.3 Å². The minimum absolute atomic E-state index is 0.0919. The van der Waals surface area contributed by atoms with Gasteiger partial charge in [-0.2, -0.15) is 0 Å². The summed E-state index contributed by atoms with van der Waals surface area (Å²) in [6.07, 6.45) is 6.65. The first-order chi connectivity index (χ1) is 6.20. The summed E-state index contributed by atoms with van der Waals surface area (Å²) < 4.78 is 0. The number of hydrogen-bond acceptors (Lipinski definition) is 2. The van der Waals surface area contributed by atoms with Crippen LogP contribution in [0.25, 0.3) is 0 Å². The van der Waals surface area contributed by atoms with Crippen LogP contribution in [0.3, 0.4) is 0 Å². The lowest BCUT2D eigenvalue weighted by molar-refractivity contribution is 0.156. The lowest BCUT2D eigenvalue weighted by atomic mass is 10.0. The molecule has 0 aliphatic heterocycles. The van der Waals surface area contributed by atoms with Crippen LogP contribution in [0.15, 0.2) is 24.3 Å². The molecule has 0 spiro atoms. The second kappa shape index (κ2) is 8.02. The molecule has 2 heteroatoms. The van der Waals surface area contributed by atoms with Gasteiger partial charge in [0.05, 0.1) is 12.7 Å². The standard InChI is InChI=1S/C11H20O2/c1-3-4-5-11(13)7-6-10(2)8-9-12/h3,8,11-13H,1,4-7,9H2,2H3/b10-8+/t11-/m1/s1. The summed E-state index contributed by atoms with van der Waals surface area (Å²) in [6.45, 7) is 5.66. The SMILES string of the molecule is C=CCC[C@@H](O)CC/C(C)=C/CO. The Hall–Kier alpha value is -0.600. The summed E-state index contributed by atoms with van der Waals surface area (Å²) in [4.78, 5) is 0. The van der Waals surface area contributed by atoms with E-state index in [1.165, 1.54) is 0 Å². The van der Waals surface area contributed by atoms with Crippen LogP contribution >= 0.6 is 0 Å². The van der Waals surface area contributed by atoms with E-state index in [0.717, 1.165) is 31.3 Å². The molecule has 2 N–H and O–H groups in total. The number of hydrogen-bond donors (Lipinski definition) is 2. The molecule has 0 aromatic heterocycles. The minimum atomic E-state index is -0.236. The van der Waals surface area contributed by atoms with E-state index >= 15 is 0 Å². The van der Waals surface area contributed by atoms with Gasteiger partial charge >= 0.3 is 0 Å². The molecule has 0 aromatic rings. The molecule has 0 unspecified atom stereocenters. The molecule has 0 amide bonds. The molecule has 0 radical (unpaired) electrons. The molecular weight excluding hydrogens is 164 g/mol. The smallest absolute Gasteiger partial charge is 0.0614 e. The average Bonchev–Trinajstić information content (AvgIpc) is 2.12. The highest BCUT2D eigenvalue weighted by Gasteiger charge is 2.02. The molecule has 2 nitrogen and oxygen atoms in total. The maximum atomic E-state index is 9.46. The van der Waals surface area contributed by atoms with Gasteiger partial charge in [0.2, 0.25) is 0 Å². The van der Waals surface area contributed by atoms with Crippen LogP contribution in [0.5, 0.6) is 0 Å². The van der Waals surface area contributed by atoms with E-state index in [4.69, 9.17) is 5.11 Å². The first-order valence-electron chi connectivity index (χ1n) is 4.76. The van der Waals surface area contributed by atoms with Gasteiger partial charge < -0.3 is 10.2 Å². The Morgan fingerprint density at radius 2 is 2.15 bits per heavy atom. The minimum Gasteiger partial charge on any atom is -0.393 e. The van der Waals surface area contributed by atoms with Gasteiger partial charge in [-0.3, -0.25) is 0 Å². The average molecular weight is 184 g/mol. The fraction of sp³-hybridized carbons (Fsp3) is 0.636. The maximum absolute atomic E-state index is 9.46. The van der Waals surface area contributed by atoms with Crippen molar-refractivity contribution in [3.8, 4) is 0 Å². The van der Waals surface area contributed by atoms with Gasteiger partial charge in [0, 0.05) is 0 Å². The molecule has 0 fully saturated rings. The molecule has 13 heavy (non-hydrogen) atoms. The zero-order valence-electron chi connectivity index (χ0n) is 8.37. The lowest BCUT2D eigenvalue weighted by Crippen LogP contribution is -2.05. The third-order valence-electron chi connectivity index (χ3n) is 2.02. The Labute approximate surface area is 80.6 Å². The molecule has 76 valence electrons. The normalized spacial score (nSPS) is 14.2. The quantitative estimate of drug-likeness (QED) is 0.594. The molecule has 0 saturated heterocycles. The zero-order chi connectivity index (χ0) is 10.1. The van der Waals surface area contributed by atoms with Crippen molar-refractivity contribution in [2.75, 3.05) is 6.61 Å². The largest absolute Gasteiger partial charge is 0.393 e. The molecule has 1 atom stereocenters. The highest BCUT2D eigenvalue weighted by Crippen LogP contribution is 2.10. The van der Waals surface area contributed by atoms with E-state index in [0.29, 0.717) is 0 Å². The van der Waals surface area contributed by atoms with Gasteiger partial charge in [0.1, 0.15) is 0 Å². The Morgan fingerprint density at radius 1 is 1.46 bits per heavy atom. The van der Waals surface area contributed by atoms with Crippen molar-refractivity contribution in [3.63, 3.8) is 0 Å². The number of allylic oxidation sites excluding steroid dienone is 2. The highest BCUT2D eigenvalue weighted by atomic mass is 16.3. The van der Waals surface area contributed by atoms with E-state index in [2.05, 4.69) is 6.58 Å². The Balaban J connectivity index is 3.50. The van der Waals surface area contributed by atoms with Crippen LogP contribution in [0.1, 0.15) is 32.6 Å². The van der Waals surface area contributed by atoms with Gasteiger partial charge in [-0.1, -0.05) is 17.7 Å². The number of aliphatic hydroxyl groups is 2. The van der Waals surface area contributed by atoms with Crippen molar-refractivity contribution >= 4 is 0 Å². The van der Waals surface area contributed by atoms with Crippen molar-refractivity contribution < 1.29 is 10.2 Å². The molecule has 0 rings (SSSR count). The lowest BCUT2D eigenvalue weighted by Gasteiger charge is -2.08. The topological polar surface area (TPSA) is 40.5 Å². The predicted molar refractivity (Wildman–Crippen MR) is 55.5 cm³/mol. The second-order valence-electron chi connectivity index (χ2n) is 3.29. The van der Waals surface area contributed by atoms with E-state index < -0.39 is 0 Å². The third kappa shape index (κ3) is 7.75. The van der Waals surface area contributed by atoms with Crippen molar-refractivity contribution in [1.82, 2.24) is 0 Å². The summed E-state index contributed by atoms with van der Waals surface area (Å²) >= 11 is 0. The fourth-order valence-corrected chi connectivity index (χ4v) is 1.11. The molecule has 0 heterocycles. The monoisotopic (exact) mass is 184 g/mol. The van der Waals surface area contributed by atoms with Gasteiger partial charge in [-0.25, -0.2) is 0 Å². The van der Waals surface area contributed by atoms with E-state index in [-0.39, 0.29) is 12.7 Å². The summed E-state index contributed by atoms with van der Waals surface area (Å²) in [5, 5.41) is 18.1. The van der Waals surface area contributed by atoms with Gasteiger partial charge in [0.15, 0.2) is 0 Å². The molecular formula is C11H20O2. The molecule has 0 aromatic carbocycles. The van der Waals surface area contributed by atoms with Crippen LogP contribution in [0.4, 0.5) is 0 Å². The van der Waals surface area contributed by atoms with E-state index in [1.807, 2.05) is 13.0 Å². The van der Waals surface area contributed by atoms with Crippen LogP contribution in [0, 0.1) is 0 Å². The van der Waals surface area contributed by atoms with Crippen LogP contribution < -0.4 is 0 Å². The first-order valence-corrected chi connectivity index (χ1v) is 4.76. The third-order valence-corrected chi connectivity index (χ3v) is 2.02. The molecule has 0 bridgehead atoms. The first kappa shape index (κ1) is 12.4. The Bertz CT molecular complexity index is 161. The summed E-state index contributed by atoms with van der Waals surface area (Å²) in [6, 6.07) is 0. The van der Waals surface area contributed by atoms with Crippen LogP contribution in [-0.4, -0.2) is 22.9 Å². The van der Waals surface area contributed by atoms with E-state index in [1.54, 1.807) is 6.08 Å². The molecule has 0 aliphatic rings. The number of rotatable bonds is 7. The summed E-state index contributed by atoms with van der Waals surface area (Å²) in [5.41, 5.74) is 1.14. The zero-order valence-corrected chi connectivity index (χ0v) is 8.37. The summed E-state index contributed by atoms with van der Waals surface area (Å²) in [7, 11) is 0. The number of aliphatic hydroxyl groups excluding tert-OH is 2. The Morgan fingerprint density at radius 3 is 2.69 bits per heavy atom. The second-order valence-corrected chi connectivity index (χ2v) is 3.29. The van der Waals surface area contributed by atoms with Gasteiger partial charge in [0.25, 0.3) is 0 Å². The fourth-order valence-electron chi connectivity index (χ4n) is 1.11. The van der Waals surface area contributed by atoms with Gasteiger partial charge in [-0.15, -0.1) is 6.58 Å². The van der Waals surface area contributed by atoms with Crippen molar-refractivity contribution in [2.45, 2.75) is 38.7 Å². The van der Waals surface area contributed by atoms with Crippen LogP contribution in [0.2, 0.25) is 0 Å². The molecule has 0 saturated carbocycles. The Kier molecular flexibility index (Phi) is 7.65. The summed E-state index contributed by atoms with van der Waals surface area (Å²) in [5.74, 6) is 0. The predicted octanol–water partition coefficient (Wildman–Crippen LogP) is 2.03.